The van der Waals surface area contributed by atoms with Crippen LogP contribution in [0.3, 0.4) is 0 Å². The van der Waals surface area contributed by atoms with Crippen LogP contribution in [-0.2, 0) is 33.1 Å². The Kier molecular flexibility index (Phi) is 17.9. The van der Waals surface area contributed by atoms with E-state index >= 15 is 0 Å². The quantitative estimate of drug-likeness (QED) is 0.0657. The number of phenolic OH excluding ortho intramolecular Hbond substituents is 1. The summed E-state index contributed by atoms with van der Waals surface area (Å²) in [7, 11) is -8.75. The van der Waals surface area contributed by atoms with Crippen LogP contribution in [0.2, 0.25) is 0 Å². The van der Waals surface area contributed by atoms with E-state index in [-0.39, 0.29) is 59.0 Å². The Balaban J connectivity index is 0.000000333. The predicted molar refractivity (Wildman–Crippen MR) is 186 cm³/mol. The van der Waals surface area contributed by atoms with E-state index in [0.717, 1.165) is 56.9 Å². The molecule has 0 aliphatic rings. The fourth-order valence-corrected chi connectivity index (χ4v) is 5.83. The summed E-state index contributed by atoms with van der Waals surface area (Å²) < 4.78 is 77.2. The second-order valence-corrected chi connectivity index (χ2v) is 14.1. The Morgan fingerprint density at radius 1 is 0.612 bits per heavy atom. The molecule has 0 saturated heterocycles. The second kappa shape index (κ2) is 20.7. The average molecular weight is 739 g/mol. The number of ether oxygens (including phenoxy) is 2. The first-order valence-corrected chi connectivity index (χ1v) is 18.8. The standard InChI is InChI=1S/2C18H22O5S.Ca/c2*1-2-3-4-5-6-14-13-17(24(20,21)22)11-12-18(14)23-16-9-7-15(19)8-10-16;/h2*7-13,19H,2-6H2,1H3,(H,20,21,22);/q;;+2/p-2. The van der Waals surface area contributed by atoms with E-state index in [1.807, 2.05) is 0 Å². The van der Waals surface area contributed by atoms with E-state index in [4.69, 9.17) is 9.47 Å². The summed E-state index contributed by atoms with van der Waals surface area (Å²) in [6, 6.07) is 20.6. The molecule has 13 heteroatoms. The van der Waals surface area contributed by atoms with E-state index in [1.54, 1.807) is 30.3 Å². The summed E-state index contributed by atoms with van der Waals surface area (Å²) in [4.78, 5) is -0.388. The van der Waals surface area contributed by atoms with Crippen molar-refractivity contribution in [2.75, 3.05) is 0 Å². The molecule has 10 nitrogen and oxygen atoms in total. The van der Waals surface area contributed by atoms with Crippen molar-refractivity contribution in [2.24, 2.45) is 0 Å². The van der Waals surface area contributed by atoms with Crippen LogP contribution >= 0.6 is 0 Å². The molecule has 4 aromatic carbocycles. The molecule has 4 rings (SSSR count). The minimum Gasteiger partial charge on any atom is -0.872 e. The van der Waals surface area contributed by atoms with Gasteiger partial charge in [0.05, 0.1) is 9.79 Å². The predicted octanol–water partition coefficient (Wildman–Crippen LogP) is 7.75. The van der Waals surface area contributed by atoms with Crippen LogP contribution in [0.1, 0.15) is 76.3 Å². The summed E-state index contributed by atoms with van der Waals surface area (Å²) >= 11 is 0. The summed E-state index contributed by atoms with van der Waals surface area (Å²) in [5, 5.41) is 20.5. The monoisotopic (exact) mass is 738 g/mol. The minimum absolute atomic E-state index is 0. The Hall–Kier alpha value is -2.84. The third-order valence-corrected chi connectivity index (χ3v) is 9.05. The van der Waals surface area contributed by atoms with Crippen molar-refractivity contribution in [3.63, 3.8) is 0 Å². The summed E-state index contributed by atoms with van der Waals surface area (Å²) in [5.41, 5.74) is 1.41. The average Bonchev–Trinajstić information content (AvgIpc) is 3.04. The van der Waals surface area contributed by atoms with Gasteiger partial charge in [-0.05, 0) is 110 Å². The van der Waals surface area contributed by atoms with Crippen LogP contribution in [0.4, 0.5) is 0 Å². The van der Waals surface area contributed by atoms with Crippen LogP contribution in [0.15, 0.2) is 94.7 Å². The molecule has 0 heterocycles. The number of rotatable bonds is 16. The smallest absolute Gasteiger partial charge is 0.872 e. The van der Waals surface area contributed by atoms with Crippen LogP contribution in [-0.4, -0.2) is 68.8 Å². The second-order valence-electron chi connectivity index (χ2n) is 11.3. The maximum absolute atomic E-state index is 11.4. The molecule has 0 aromatic heterocycles. The maximum atomic E-state index is 11.4. The number of hydrogen-bond acceptors (Lipinski definition) is 9. The van der Waals surface area contributed by atoms with Gasteiger partial charge >= 0.3 is 37.7 Å². The molecule has 0 atom stereocenters. The van der Waals surface area contributed by atoms with Crippen LogP contribution in [0.25, 0.3) is 0 Å². The third-order valence-electron chi connectivity index (χ3n) is 7.37. The van der Waals surface area contributed by atoms with E-state index in [1.165, 1.54) is 54.6 Å². The van der Waals surface area contributed by atoms with Crippen LogP contribution < -0.4 is 14.6 Å². The van der Waals surface area contributed by atoms with Crippen molar-refractivity contribution >= 4 is 58.0 Å². The molecule has 0 aliphatic heterocycles. The molecule has 0 spiro atoms. The fourth-order valence-electron chi connectivity index (χ4n) is 4.78. The Morgan fingerprint density at radius 3 is 1.47 bits per heavy atom. The first kappa shape index (κ1) is 42.3. The van der Waals surface area contributed by atoms with E-state index in [9.17, 15) is 36.2 Å². The SMILES string of the molecule is CCCCCCc1cc(S(=O)(=O)O)ccc1Oc1ccc(O)cc1.CCCCCCc1cc(S(=O)(=O)[O-])ccc1Oc1ccc([O-])cc1.[Ca+2]. The van der Waals surface area contributed by atoms with E-state index in [2.05, 4.69) is 13.8 Å². The molecule has 0 radical (unpaired) electrons. The molecule has 0 aliphatic carbocycles. The molecule has 0 fully saturated rings. The molecule has 0 unspecified atom stereocenters. The van der Waals surface area contributed by atoms with Gasteiger partial charge in [0.15, 0.2) is 0 Å². The van der Waals surface area contributed by atoms with Gasteiger partial charge in [-0.1, -0.05) is 64.5 Å². The number of aromatic hydroxyl groups is 1. The number of benzene rings is 4. The zero-order valence-corrected chi connectivity index (χ0v) is 31.7. The Bertz CT molecular complexity index is 1680. The van der Waals surface area contributed by atoms with Crippen molar-refractivity contribution in [3.05, 3.63) is 96.1 Å². The minimum atomic E-state index is -4.50. The molecular weight excluding hydrogens is 697 g/mol. The molecule has 4 aromatic rings. The van der Waals surface area contributed by atoms with Gasteiger partial charge in [-0.15, -0.1) is 5.75 Å². The Morgan fingerprint density at radius 2 is 1.04 bits per heavy atom. The summed E-state index contributed by atoms with van der Waals surface area (Å²) in [6.45, 7) is 4.23. The molecule has 260 valence electrons. The summed E-state index contributed by atoms with van der Waals surface area (Å²) in [6.07, 6.45) is 9.57. The van der Waals surface area contributed by atoms with Crippen LogP contribution in [0.5, 0.6) is 34.5 Å². The van der Waals surface area contributed by atoms with Crippen LogP contribution in [0, 0.1) is 0 Å². The molecule has 0 saturated carbocycles. The van der Waals surface area contributed by atoms with E-state index < -0.39 is 20.2 Å². The van der Waals surface area contributed by atoms with Gasteiger partial charge in [-0.25, -0.2) is 8.42 Å². The molecular formula is C36H42CaO10S2. The zero-order valence-electron chi connectivity index (χ0n) is 27.8. The number of hydrogen-bond donors (Lipinski definition) is 2. The van der Waals surface area contributed by atoms with Gasteiger partial charge in [0.2, 0.25) is 0 Å². The van der Waals surface area contributed by atoms with Gasteiger partial charge in [0, 0.05) is 0 Å². The van der Waals surface area contributed by atoms with Gasteiger partial charge in [-0.3, -0.25) is 4.55 Å². The fraction of sp³-hybridized carbons (Fsp3) is 0.333. The molecule has 0 amide bonds. The molecule has 0 bridgehead atoms. The van der Waals surface area contributed by atoms with Gasteiger partial charge in [-0.2, -0.15) is 8.42 Å². The largest absolute Gasteiger partial charge is 2.00 e. The normalized spacial score (nSPS) is 11.2. The number of unbranched alkanes of at least 4 members (excludes halogenated alkanes) is 6. The van der Waals surface area contributed by atoms with Crippen molar-refractivity contribution < 1.29 is 45.6 Å². The Labute approximate surface area is 319 Å². The van der Waals surface area contributed by atoms with Gasteiger partial charge in [0.25, 0.3) is 10.1 Å². The molecule has 49 heavy (non-hydrogen) atoms. The van der Waals surface area contributed by atoms with E-state index in [0.29, 0.717) is 41.4 Å². The summed E-state index contributed by atoms with van der Waals surface area (Å²) in [5.74, 6) is 2.10. The van der Waals surface area contributed by atoms with Crippen molar-refractivity contribution in [3.8, 4) is 34.5 Å². The van der Waals surface area contributed by atoms with Crippen molar-refractivity contribution in [1.29, 1.82) is 0 Å². The number of phenols is 1. The van der Waals surface area contributed by atoms with Crippen molar-refractivity contribution in [1.82, 2.24) is 0 Å². The molecule has 2 N–H and O–H groups in total. The van der Waals surface area contributed by atoms with Gasteiger partial charge < -0.3 is 24.2 Å². The third kappa shape index (κ3) is 14.9. The first-order chi connectivity index (χ1) is 22.8. The van der Waals surface area contributed by atoms with Gasteiger partial charge in [0.1, 0.15) is 38.9 Å². The van der Waals surface area contributed by atoms with Crippen molar-refractivity contribution in [2.45, 2.75) is 87.8 Å². The number of aryl methyl sites for hydroxylation is 2. The first-order valence-electron chi connectivity index (χ1n) is 15.9. The topological polar surface area (TPSA) is 173 Å². The zero-order chi connectivity index (χ0) is 35.2. The maximum Gasteiger partial charge on any atom is 2.00 e.